The number of aromatic nitrogens is 3. The lowest BCUT2D eigenvalue weighted by atomic mass is 10.2. The first-order valence-corrected chi connectivity index (χ1v) is 7.14. The van der Waals surface area contributed by atoms with Gasteiger partial charge in [0.05, 0.1) is 12.2 Å². The van der Waals surface area contributed by atoms with Crippen molar-refractivity contribution < 1.29 is 0 Å². The van der Waals surface area contributed by atoms with Gasteiger partial charge in [0.1, 0.15) is 17.5 Å². The third kappa shape index (κ3) is 3.88. The zero-order chi connectivity index (χ0) is 15.2. The van der Waals surface area contributed by atoms with Gasteiger partial charge in [-0.15, -0.1) is 0 Å². The van der Waals surface area contributed by atoms with Crippen LogP contribution >= 0.6 is 0 Å². The molecule has 2 aromatic heterocycles. The van der Waals surface area contributed by atoms with Gasteiger partial charge in [-0.05, 0) is 32.4 Å². The molecule has 0 atom stereocenters. The fourth-order valence-corrected chi connectivity index (χ4v) is 2.08. The number of pyridine rings is 1. The summed E-state index contributed by atoms with van der Waals surface area (Å²) >= 11 is 0. The van der Waals surface area contributed by atoms with Gasteiger partial charge in [0.25, 0.3) is 0 Å². The minimum atomic E-state index is 0.620. The second kappa shape index (κ2) is 6.99. The van der Waals surface area contributed by atoms with Crippen LogP contribution in [0.1, 0.15) is 36.1 Å². The van der Waals surface area contributed by atoms with E-state index < -0.39 is 0 Å². The summed E-state index contributed by atoms with van der Waals surface area (Å²) in [6.07, 6.45) is 1.82. The maximum Gasteiger partial charge on any atom is 0.148 e. The van der Waals surface area contributed by atoms with E-state index in [2.05, 4.69) is 32.6 Å². The first-order valence-electron chi connectivity index (χ1n) is 7.14. The number of nitrogen functional groups attached to an aromatic ring is 1. The van der Waals surface area contributed by atoms with E-state index in [1.54, 1.807) is 0 Å². The van der Waals surface area contributed by atoms with Crippen molar-refractivity contribution in [2.45, 2.75) is 40.2 Å². The second-order valence-corrected chi connectivity index (χ2v) is 4.98. The molecule has 4 N–H and O–H groups in total. The molecule has 6 nitrogen and oxygen atoms in total. The van der Waals surface area contributed by atoms with E-state index in [4.69, 9.17) is 5.84 Å². The predicted octanol–water partition coefficient (Wildman–Crippen LogP) is 2.34. The molecule has 0 aliphatic carbocycles. The minimum absolute atomic E-state index is 0.620. The molecule has 0 fully saturated rings. The number of hydrogen-bond donors (Lipinski definition) is 3. The number of nitrogens with zero attached hydrogens (tertiary/aromatic N) is 3. The molecule has 0 radical (unpaired) electrons. The average molecular weight is 286 g/mol. The Morgan fingerprint density at radius 2 is 1.86 bits per heavy atom. The largest absolute Gasteiger partial charge is 0.364 e. The summed E-state index contributed by atoms with van der Waals surface area (Å²) in [7, 11) is 0. The van der Waals surface area contributed by atoms with Crippen LogP contribution in [-0.4, -0.2) is 15.0 Å². The van der Waals surface area contributed by atoms with Crippen LogP contribution in [-0.2, 0) is 13.0 Å². The molecule has 2 rings (SSSR count). The lowest BCUT2D eigenvalue weighted by Crippen LogP contribution is -2.15. The SMILES string of the molecule is CCCc1nc(NN)c(C)c(NCc2cccc(C)n2)n1. The highest BCUT2D eigenvalue weighted by atomic mass is 15.3. The lowest BCUT2D eigenvalue weighted by Gasteiger charge is -2.13. The zero-order valence-corrected chi connectivity index (χ0v) is 12.8. The molecule has 6 heteroatoms. The van der Waals surface area contributed by atoms with Crippen LogP contribution in [0.5, 0.6) is 0 Å². The highest BCUT2D eigenvalue weighted by Gasteiger charge is 2.10. The first-order chi connectivity index (χ1) is 10.1. The lowest BCUT2D eigenvalue weighted by molar-refractivity contribution is 0.829. The molecule has 21 heavy (non-hydrogen) atoms. The number of nitrogens with two attached hydrogens (primary N) is 1. The molecule has 0 aliphatic heterocycles. The number of anilines is 2. The third-order valence-corrected chi connectivity index (χ3v) is 3.19. The Labute approximate surface area is 125 Å². The first kappa shape index (κ1) is 15.2. The number of rotatable bonds is 6. The summed E-state index contributed by atoms with van der Waals surface area (Å²) in [5, 5.41) is 3.32. The topological polar surface area (TPSA) is 88.8 Å². The van der Waals surface area contributed by atoms with Crippen molar-refractivity contribution in [1.29, 1.82) is 0 Å². The number of aryl methyl sites for hydroxylation is 2. The van der Waals surface area contributed by atoms with Gasteiger partial charge in [-0.1, -0.05) is 13.0 Å². The van der Waals surface area contributed by atoms with Gasteiger partial charge in [0.2, 0.25) is 0 Å². The molecule has 0 spiro atoms. The van der Waals surface area contributed by atoms with Crippen LogP contribution in [0, 0.1) is 13.8 Å². The molecular weight excluding hydrogens is 264 g/mol. The predicted molar refractivity (Wildman–Crippen MR) is 84.9 cm³/mol. The summed E-state index contributed by atoms with van der Waals surface area (Å²) in [6.45, 7) is 6.64. The van der Waals surface area contributed by atoms with E-state index in [0.717, 1.165) is 41.4 Å². The van der Waals surface area contributed by atoms with E-state index in [1.165, 1.54) is 0 Å². The maximum absolute atomic E-state index is 5.53. The van der Waals surface area contributed by atoms with E-state index in [0.29, 0.717) is 12.4 Å². The second-order valence-electron chi connectivity index (χ2n) is 4.98. The van der Waals surface area contributed by atoms with Crippen molar-refractivity contribution >= 4 is 11.6 Å². The highest BCUT2D eigenvalue weighted by Crippen LogP contribution is 2.20. The Kier molecular flexibility index (Phi) is 5.05. The standard InChI is InChI=1S/C15H22N6/c1-4-6-13-19-14(11(3)15(20-13)21-16)17-9-12-8-5-7-10(2)18-12/h5,7-8H,4,6,9,16H2,1-3H3,(H2,17,19,20,21). The van der Waals surface area contributed by atoms with Gasteiger partial charge in [-0.25, -0.2) is 15.8 Å². The molecule has 2 aromatic rings. The van der Waals surface area contributed by atoms with Crippen molar-refractivity contribution in [2.24, 2.45) is 5.84 Å². The van der Waals surface area contributed by atoms with Crippen LogP contribution < -0.4 is 16.6 Å². The molecule has 0 aliphatic rings. The van der Waals surface area contributed by atoms with Gasteiger partial charge in [-0.2, -0.15) is 0 Å². The fourth-order valence-electron chi connectivity index (χ4n) is 2.08. The Hall–Kier alpha value is -2.21. The smallest absolute Gasteiger partial charge is 0.148 e. The normalized spacial score (nSPS) is 10.5. The Morgan fingerprint density at radius 3 is 2.52 bits per heavy atom. The van der Waals surface area contributed by atoms with Gasteiger partial charge in [0, 0.05) is 17.7 Å². The minimum Gasteiger partial charge on any atom is -0.364 e. The molecule has 0 aromatic carbocycles. The highest BCUT2D eigenvalue weighted by molar-refractivity contribution is 5.56. The van der Waals surface area contributed by atoms with Gasteiger partial charge >= 0.3 is 0 Å². The molecule has 0 unspecified atom stereocenters. The van der Waals surface area contributed by atoms with Crippen molar-refractivity contribution in [1.82, 2.24) is 15.0 Å². The summed E-state index contributed by atoms with van der Waals surface area (Å²) in [4.78, 5) is 13.4. The van der Waals surface area contributed by atoms with E-state index in [1.807, 2.05) is 32.0 Å². The Bertz CT molecular complexity index is 611. The maximum atomic E-state index is 5.53. The van der Waals surface area contributed by atoms with E-state index in [9.17, 15) is 0 Å². The van der Waals surface area contributed by atoms with Crippen LogP contribution in [0.2, 0.25) is 0 Å². The molecular formula is C15H22N6. The molecule has 0 amide bonds. The van der Waals surface area contributed by atoms with Crippen molar-refractivity contribution in [2.75, 3.05) is 10.7 Å². The van der Waals surface area contributed by atoms with Crippen molar-refractivity contribution in [3.63, 3.8) is 0 Å². The average Bonchev–Trinajstić information content (AvgIpc) is 2.48. The number of nitrogens with one attached hydrogen (secondary N) is 2. The molecule has 2 heterocycles. The number of hydrazine groups is 1. The van der Waals surface area contributed by atoms with Crippen LogP contribution in [0.15, 0.2) is 18.2 Å². The van der Waals surface area contributed by atoms with Crippen LogP contribution in [0.4, 0.5) is 11.6 Å². The van der Waals surface area contributed by atoms with Crippen LogP contribution in [0.3, 0.4) is 0 Å². The third-order valence-electron chi connectivity index (χ3n) is 3.19. The summed E-state index contributed by atoms with van der Waals surface area (Å²) < 4.78 is 0. The Balaban J connectivity index is 2.20. The summed E-state index contributed by atoms with van der Waals surface area (Å²) in [6, 6.07) is 5.97. The molecule has 0 saturated carbocycles. The van der Waals surface area contributed by atoms with Gasteiger partial charge < -0.3 is 10.7 Å². The Morgan fingerprint density at radius 1 is 1.10 bits per heavy atom. The van der Waals surface area contributed by atoms with Crippen LogP contribution in [0.25, 0.3) is 0 Å². The van der Waals surface area contributed by atoms with Crippen molar-refractivity contribution in [3.8, 4) is 0 Å². The van der Waals surface area contributed by atoms with Gasteiger partial charge in [-0.3, -0.25) is 4.98 Å². The van der Waals surface area contributed by atoms with Crippen molar-refractivity contribution in [3.05, 3.63) is 41.0 Å². The zero-order valence-electron chi connectivity index (χ0n) is 12.8. The number of hydrogen-bond acceptors (Lipinski definition) is 6. The molecule has 0 bridgehead atoms. The monoisotopic (exact) mass is 286 g/mol. The van der Waals surface area contributed by atoms with E-state index >= 15 is 0 Å². The molecule has 112 valence electrons. The summed E-state index contributed by atoms with van der Waals surface area (Å²) in [5.41, 5.74) is 5.53. The van der Waals surface area contributed by atoms with Gasteiger partial charge in [0.15, 0.2) is 0 Å². The summed E-state index contributed by atoms with van der Waals surface area (Å²) in [5.74, 6) is 7.78. The van der Waals surface area contributed by atoms with E-state index in [-0.39, 0.29) is 0 Å². The fraction of sp³-hybridized carbons (Fsp3) is 0.400. The molecule has 0 saturated heterocycles. The quantitative estimate of drug-likeness (QED) is 0.558.